The van der Waals surface area contributed by atoms with Crippen molar-refractivity contribution in [2.24, 2.45) is 5.92 Å². The van der Waals surface area contributed by atoms with Crippen LogP contribution in [0.4, 0.5) is 17.5 Å². The second-order valence-corrected chi connectivity index (χ2v) is 6.80. The van der Waals surface area contributed by atoms with E-state index in [1.807, 2.05) is 32.9 Å². The molecule has 4 nitrogen and oxygen atoms in total. The Bertz CT molecular complexity index is 660. The average molecular weight is 333 g/mol. The van der Waals surface area contributed by atoms with Gasteiger partial charge in [0.1, 0.15) is 5.82 Å². The Hall–Kier alpha value is -1.81. The average Bonchev–Trinajstić information content (AvgIpc) is 2.42. The first-order chi connectivity index (χ1) is 10.8. The smallest absolute Gasteiger partial charge is 0.229 e. The molecule has 0 radical (unpaired) electrons. The molecule has 23 heavy (non-hydrogen) atoms. The van der Waals surface area contributed by atoms with Crippen LogP contribution in [0.3, 0.4) is 0 Å². The molecule has 1 heterocycles. The van der Waals surface area contributed by atoms with Crippen molar-refractivity contribution in [1.29, 1.82) is 0 Å². The van der Waals surface area contributed by atoms with Crippen molar-refractivity contribution in [3.8, 4) is 0 Å². The largest absolute Gasteiger partial charge is 0.370 e. The molecule has 124 valence electrons. The van der Waals surface area contributed by atoms with E-state index in [-0.39, 0.29) is 0 Å². The van der Waals surface area contributed by atoms with Gasteiger partial charge < -0.3 is 10.6 Å². The number of hydrogen-bond acceptors (Lipinski definition) is 4. The normalized spacial score (nSPS) is 10.9. The Morgan fingerprint density at radius 3 is 2.48 bits per heavy atom. The van der Waals surface area contributed by atoms with E-state index >= 15 is 0 Å². The molecule has 0 aliphatic heterocycles. The highest BCUT2D eigenvalue weighted by atomic mass is 35.5. The molecule has 0 aliphatic rings. The molecule has 0 atom stereocenters. The van der Waals surface area contributed by atoms with Crippen LogP contribution in [0, 0.1) is 26.7 Å². The van der Waals surface area contributed by atoms with Gasteiger partial charge in [0, 0.05) is 18.3 Å². The molecule has 0 aliphatic carbocycles. The van der Waals surface area contributed by atoms with Crippen molar-refractivity contribution in [3.63, 3.8) is 0 Å². The molecule has 1 aromatic carbocycles. The molecule has 0 fully saturated rings. The second kappa shape index (κ2) is 7.64. The van der Waals surface area contributed by atoms with Crippen LogP contribution in [-0.2, 0) is 0 Å². The summed E-state index contributed by atoms with van der Waals surface area (Å²) >= 11 is 6.35. The number of halogens is 1. The quantitative estimate of drug-likeness (QED) is 0.757. The van der Waals surface area contributed by atoms with Crippen LogP contribution in [0.15, 0.2) is 18.2 Å². The first kappa shape index (κ1) is 17.5. The first-order valence-electron chi connectivity index (χ1n) is 7.98. The maximum atomic E-state index is 6.35. The zero-order chi connectivity index (χ0) is 17.0. The van der Waals surface area contributed by atoms with Gasteiger partial charge in [-0.3, -0.25) is 0 Å². The number of nitrogens with one attached hydrogen (secondary N) is 2. The van der Waals surface area contributed by atoms with Crippen LogP contribution in [0.5, 0.6) is 0 Å². The highest BCUT2D eigenvalue weighted by Crippen LogP contribution is 2.29. The van der Waals surface area contributed by atoms with Crippen LogP contribution < -0.4 is 10.6 Å². The molecular formula is C18H25ClN4. The highest BCUT2D eigenvalue weighted by molar-refractivity contribution is 6.33. The summed E-state index contributed by atoms with van der Waals surface area (Å²) in [5.41, 5.74) is 3.99. The summed E-state index contributed by atoms with van der Waals surface area (Å²) in [6.45, 7) is 11.3. The minimum atomic E-state index is 0.561. The van der Waals surface area contributed by atoms with E-state index in [9.17, 15) is 0 Å². The van der Waals surface area contributed by atoms with Crippen molar-refractivity contribution < 1.29 is 0 Å². The van der Waals surface area contributed by atoms with Crippen LogP contribution in [0.2, 0.25) is 5.02 Å². The van der Waals surface area contributed by atoms with Crippen molar-refractivity contribution in [2.75, 3.05) is 17.2 Å². The van der Waals surface area contributed by atoms with Crippen molar-refractivity contribution in [2.45, 2.75) is 41.0 Å². The zero-order valence-corrected chi connectivity index (χ0v) is 15.3. The Morgan fingerprint density at radius 2 is 1.83 bits per heavy atom. The molecule has 0 amide bonds. The number of nitrogens with zero attached hydrogens (tertiary/aromatic N) is 2. The minimum absolute atomic E-state index is 0.561. The lowest BCUT2D eigenvalue weighted by atomic mass is 10.1. The van der Waals surface area contributed by atoms with Crippen LogP contribution in [0.1, 0.15) is 37.1 Å². The SMILES string of the molecule is Cc1cc(C)c(Nc2nc(C)cc(NCCC(C)C)n2)c(Cl)c1. The molecule has 0 bridgehead atoms. The summed E-state index contributed by atoms with van der Waals surface area (Å²) in [4.78, 5) is 8.99. The van der Waals surface area contributed by atoms with Gasteiger partial charge in [0.05, 0.1) is 10.7 Å². The van der Waals surface area contributed by atoms with Gasteiger partial charge in [0.15, 0.2) is 0 Å². The molecule has 2 rings (SSSR count). The van der Waals surface area contributed by atoms with E-state index in [2.05, 4.69) is 40.5 Å². The maximum absolute atomic E-state index is 6.35. The Morgan fingerprint density at radius 1 is 1.09 bits per heavy atom. The third-order valence-electron chi connectivity index (χ3n) is 3.55. The molecule has 0 spiro atoms. The third-order valence-corrected chi connectivity index (χ3v) is 3.85. The summed E-state index contributed by atoms with van der Waals surface area (Å²) in [7, 11) is 0. The summed E-state index contributed by atoms with van der Waals surface area (Å²) in [5.74, 6) is 2.06. The van der Waals surface area contributed by atoms with Crippen molar-refractivity contribution >= 4 is 29.1 Å². The Balaban J connectivity index is 2.19. The fraction of sp³-hybridized carbons (Fsp3) is 0.444. The van der Waals surface area contributed by atoms with E-state index in [4.69, 9.17) is 11.6 Å². The zero-order valence-electron chi connectivity index (χ0n) is 14.5. The molecule has 2 aromatic rings. The van der Waals surface area contributed by atoms with Crippen molar-refractivity contribution in [3.05, 3.63) is 40.0 Å². The van der Waals surface area contributed by atoms with Gasteiger partial charge in [-0.05, 0) is 50.3 Å². The van der Waals surface area contributed by atoms with Gasteiger partial charge in [-0.2, -0.15) is 4.98 Å². The topological polar surface area (TPSA) is 49.8 Å². The van der Waals surface area contributed by atoms with E-state index < -0.39 is 0 Å². The van der Waals surface area contributed by atoms with Crippen molar-refractivity contribution in [1.82, 2.24) is 9.97 Å². The number of benzene rings is 1. The highest BCUT2D eigenvalue weighted by Gasteiger charge is 2.09. The van der Waals surface area contributed by atoms with Gasteiger partial charge in [0.25, 0.3) is 0 Å². The van der Waals surface area contributed by atoms with Gasteiger partial charge in [-0.1, -0.05) is 31.5 Å². The molecule has 0 unspecified atom stereocenters. The molecule has 0 saturated carbocycles. The fourth-order valence-corrected chi connectivity index (χ4v) is 2.76. The molecule has 2 N–H and O–H groups in total. The maximum Gasteiger partial charge on any atom is 0.229 e. The summed E-state index contributed by atoms with van der Waals surface area (Å²) < 4.78 is 0. The predicted octanol–water partition coefficient (Wildman–Crippen LogP) is 5.26. The second-order valence-electron chi connectivity index (χ2n) is 6.39. The number of hydrogen-bond donors (Lipinski definition) is 2. The third kappa shape index (κ3) is 5.10. The number of aryl methyl sites for hydroxylation is 3. The van der Waals surface area contributed by atoms with Gasteiger partial charge in [-0.15, -0.1) is 0 Å². The lowest BCUT2D eigenvalue weighted by Crippen LogP contribution is -2.09. The minimum Gasteiger partial charge on any atom is -0.370 e. The fourth-order valence-electron chi connectivity index (χ4n) is 2.39. The Labute approximate surface area is 143 Å². The lowest BCUT2D eigenvalue weighted by molar-refractivity contribution is 0.606. The first-order valence-corrected chi connectivity index (χ1v) is 8.36. The van der Waals surface area contributed by atoms with Crippen LogP contribution in [0.25, 0.3) is 0 Å². The monoisotopic (exact) mass is 332 g/mol. The number of anilines is 3. The van der Waals surface area contributed by atoms with E-state index in [1.54, 1.807) is 0 Å². The van der Waals surface area contributed by atoms with E-state index in [0.717, 1.165) is 41.3 Å². The summed E-state index contributed by atoms with van der Waals surface area (Å²) in [6, 6.07) is 5.98. The lowest BCUT2D eigenvalue weighted by Gasteiger charge is -2.13. The Kier molecular flexibility index (Phi) is 5.83. The molecule has 1 aromatic heterocycles. The number of aromatic nitrogens is 2. The van der Waals surface area contributed by atoms with Crippen LogP contribution >= 0.6 is 11.6 Å². The molecule has 5 heteroatoms. The molecular weight excluding hydrogens is 308 g/mol. The predicted molar refractivity (Wildman–Crippen MR) is 98.9 cm³/mol. The molecule has 0 saturated heterocycles. The van der Waals surface area contributed by atoms with Crippen LogP contribution in [-0.4, -0.2) is 16.5 Å². The summed E-state index contributed by atoms with van der Waals surface area (Å²) in [6.07, 6.45) is 1.11. The van der Waals surface area contributed by atoms with Gasteiger partial charge >= 0.3 is 0 Å². The standard InChI is InChI=1S/C18H25ClN4/c1-11(2)6-7-20-16-10-14(5)21-18(22-16)23-17-13(4)8-12(3)9-15(17)19/h8-11H,6-7H2,1-5H3,(H2,20,21,22,23). The van der Waals surface area contributed by atoms with E-state index in [0.29, 0.717) is 16.9 Å². The van der Waals surface area contributed by atoms with E-state index in [1.165, 1.54) is 0 Å². The van der Waals surface area contributed by atoms with Gasteiger partial charge in [-0.25, -0.2) is 4.98 Å². The van der Waals surface area contributed by atoms with Gasteiger partial charge in [0.2, 0.25) is 5.95 Å². The summed E-state index contributed by atoms with van der Waals surface area (Å²) in [5, 5.41) is 7.29. The number of rotatable bonds is 6.